The van der Waals surface area contributed by atoms with E-state index in [4.69, 9.17) is 18.9 Å². The summed E-state index contributed by atoms with van der Waals surface area (Å²) in [7, 11) is 1.63. The van der Waals surface area contributed by atoms with Crippen LogP contribution in [0, 0.1) is 0 Å². The van der Waals surface area contributed by atoms with Crippen molar-refractivity contribution in [1.29, 1.82) is 0 Å². The molecule has 0 aliphatic carbocycles. The van der Waals surface area contributed by atoms with Gasteiger partial charge in [0.25, 0.3) is 0 Å². The molecule has 1 atom stereocenters. The number of cyclic esters (lactones) is 1. The quantitative estimate of drug-likeness (QED) is 0.850. The second-order valence-corrected chi connectivity index (χ2v) is 6.09. The monoisotopic (exact) mass is 337 g/mol. The number of hydrogen-bond donors (Lipinski definition) is 1. The third-order valence-corrected chi connectivity index (χ3v) is 4.77. The molecule has 1 N–H and O–H groups in total. The van der Waals surface area contributed by atoms with Gasteiger partial charge in [-0.25, -0.2) is 4.79 Å². The molecule has 0 fully saturated rings. The van der Waals surface area contributed by atoms with Crippen LogP contribution in [-0.2, 0) is 9.53 Å². The van der Waals surface area contributed by atoms with E-state index in [-0.39, 0.29) is 25.3 Å². The summed E-state index contributed by atoms with van der Waals surface area (Å²) in [5.41, 5.74) is 4.32. The Bertz CT molecular complexity index is 916. The number of anilines is 1. The van der Waals surface area contributed by atoms with Gasteiger partial charge in [0, 0.05) is 17.7 Å². The number of carbonyl (C=O) groups excluding carboxylic acids is 1. The van der Waals surface area contributed by atoms with Crippen molar-refractivity contribution in [3.05, 3.63) is 58.8 Å². The van der Waals surface area contributed by atoms with Gasteiger partial charge in [-0.3, -0.25) is 0 Å². The van der Waals surface area contributed by atoms with Crippen LogP contribution in [0.4, 0.5) is 5.69 Å². The number of nitrogens with one attached hydrogen (secondary N) is 1. The molecule has 0 bridgehead atoms. The minimum Gasteiger partial charge on any atom is -0.497 e. The van der Waals surface area contributed by atoms with E-state index in [1.165, 1.54) is 0 Å². The highest BCUT2D eigenvalue weighted by Gasteiger charge is 2.39. The highest BCUT2D eigenvalue weighted by atomic mass is 16.7. The lowest BCUT2D eigenvalue weighted by atomic mass is 9.81. The molecule has 3 heterocycles. The number of hydrogen-bond acceptors (Lipinski definition) is 6. The van der Waals surface area contributed by atoms with Crippen molar-refractivity contribution in [1.82, 2.24) is 0 Å². The number of benzene rings is 2. The molecular weight excluding hydrogens is 322 g/mol. The molecule has 6 nitrogen and oxygen atoms in total. The van der Waals surface area contributed by atoms with Gasteiger partial charge in [0.2, 0.25) is 6.79 Å². The highest BCUT2D eigenvalue weighted by molar-refractivity contribution is 5.97. The lowest BCUT2D eigenvalue weighted by Crippen LogP contribution is -2.19. The molecule has 0 unspecified atom stereocenters. The number of methoxy groups -OCH3 is 1. The third kappa shape index (κ3) is 2.07. The molecule has 0 aromatic heterocycles. The van der Waals surface area contributed by atoms with Gasteiger partial charge < -0.3 is 24.3 Å². The van der Waals surface area contributed by atoms with Crippen molar-refractivity contribution in [2.24, 2.45) is 0 Å². The largest absolute Gasteiger partial charge is 0.497 e. The molecule has 2 aromatic carbocycles. The van der Waals surface area contributed by atoms with Crippen LogP contribution >= 0.6 is 0 Å². The van der Waals surface area contributed by atoms with Gasteiger partial charge in [0.15, 0.2) is 11.5 Å². The molecule has 0 radical (unpaired) electrons. The van der Waals surface area contributed by atoms with Crippen LogP contribution in [-0.4, -0.2) is 26.5 Å². The predicted molar refractivity (Wildman–Crippen MR) is 89.0 cm³/mol. The normalized spacial score (nSPS) is 19.9. The number of esters is 1. The standard InChI is InChI=1S/C19H15NO5/c1-22-11-4-2-10(3-5-11)17-12-6-15-16(25-9-24-15)7-13(12)20-14-8-23-19(21)18(14)17/h2-7,17,20H,8-9H2,1H3/t17-/m0/s1. The molecule has 0 spiro atoms. The Morgan fingerprint density at radius 1 is 1.08 bits per heavy atom. The van der Waals surface area contributed by atoms with Gasteiger partial charge >= 0.3 is 5.97 Å². The van der Waals surface area contributed by atoms with Gasteiger partial charge in [-0.2, -0.15) is 0 Å². The number of fused-ring (bicyclic) bond motifs is 2. The zero-order valence-corrected chi connectivity index (χ0v) is 13.5. The first-order valence-electron chi connectivity index (χ1n) is 7.99. The van der Waals surface area contributed by atoms with E-state index in [9.17, 15) is 4.79 Å². The van der Waals surface area contributed by atoms with Gasteiger partial charge in [-0.15, -0.1) is 0 Å². The smallest absolute Gasteiger partial charge is 0.337 e. The minimum atomic E-state index is -0.286. The van der Waals surface area contributed by atoms with E-state index in [0.717, 1.165) is 28.3 Å². The predicted octanol–water partition coefficient (Wildman–Crippen LogP) is 2.79. The Labute approximate surface area is 144 Å². The van der Waals surface area contributed by atoms with E-state index in [1.807, 2.05) is 36.4 Å². The summed E-state index contributed by atoms with van der Waals surface area (Å²) >= 11 is 0. The van der Waals surface area contributed by atoms with E-state index in [1.54, 1.807) is 7.11 Å². The minimum absolute atomic E-state index is 0.209. The molecule has 3 aliphatic rings. The molecule has 0 amide bonds. The lowest BCUT2D eigenvalue weighted by molar-refractivity contribution is -0.136. The topological polar surface area (TPSA) is 66.0 Å². The summed E-state index contributed by atoms with van der Waals surface area (Å²) in [5, 5.41) is 3.31. The number of carbonyl (C=O) groups is 1. The first kappa shape index (κ1) is 14.2. The molecule has 0 saturated heterocycles. The molecular formula is C19H15NO5. The van der Waals surface area contributed by atoms with Crippen LogP contribution in [0.2, 0.25) is 0 Å². The molecule has 25 heavy (non-hydrogen) atoms. The first-order valence-corrected chi connectivity index (χ1v) is 7.99. The van der Waals surface area contributed by atoms with E-state index in [0.29, 0.717) is 17.1 Å². The Morgan fingerprint density at radius 2 is 1.84 bits per heavy atom. The van der Waals surface area contributed by atoms with Gasteiger partial charge in [-0.1, -0.05) is 12.1 Å². The van der Waals surface area contributed by atoms with Crippen LogP contribution in [0.5, 0.6) is 17.2 Å². The van der Waals surface area contributed by atoms with Gasteiger partial charge in [-0.05, 0) is 29.3 Å². The Balaban J connectivity index is 1.69. The summed E-state index contributed by atoms with van der Waals surface area (Å²) in [6.07, 6.45) is 0. The molecule has 5 rings (SSSR count). The van der Waals surface area contributed by atoms with E-state index in [2.05, 4.69) is 5.32 Å². The second-order valence-electron chi connectivity index (χ2n) is 6.09. The fourth-order valence-electron chi connectivity index (χ4n) is 3.58. The van der Waals surface area contributed by atoms with Crippen LogP contribution in [0.3, 0.4) is 0 Å². The SMILES string of the molecule is COc1ccc([C@@H]2C3=C(COC3=O)Nc3cc4c(cc32)OCO4)cc1. The Kier molecular flexibility index (Phi) is 2.94. The number of ether oxygens (including phenoxy) is 4. The average molecular weight is 337 g/mol. The van der Waals surface area contributed by atoms with Gasteiger partial charge in [0.05, 0.1) is 18.4 Å². The van der Waals surface area contributed by atoms with Crippen molar-refractivity contribution in [3.8, 4) is 17.2 Å². The maximum atomic E-state index is 12.4. The Hall–Kier alpha value is -3.15. The summed E-state index contributed by atoms with van der Waals surface area (Å²) in [5.74, 6) is 1.66. The zero-order valence-electron chi connectivity index (χ0n) is 13.5. The summed E-state index contributed by atoms with van der Waals surface area (Å²) in [6.45, 7) is 0.468. The fraction of sp³-hybridized carbons (Fsp3) is 0.211. The maximum Gasteiger partial charge on any atom is 0.337 e. The highest BCUT2D eigenvalue weighted by Crippen LogP contribution is 2.48. The van der Waals surface area contributed by atoms with E-state index >= 15 is 0 Å². The summed E-state index contributed by atoms with van der Waals surface area (Å²) in [6, 6.07) is 11.6. The molecule has 2 aromatic rings. The average Bonchev–Trinajstić information content (AvgIpc) is 3.24. The second kappa shape index (κ2) is 5.17. The fourth-order valence-corrected chi connectivity index (χ4v) is 3.58. The van der Waals surface area contributed by atoms with Crippen molar-refractivity contribution in [2.45, 2.75) is 5.92 Å². The van der Waals surface area contributed by atoms with Crippen LogP contribution in [0.25, 0.3) is 0 Å². The molecule has 0 saturated carbocycles. The first-order chi connectivity index (χ1) is 12.2. The van der Waals surface area contributed by atoms with Crippen molar-refractivity contribution in [2.75, 3.05) is 25.8 Å². The van der Waals surface area contributed by atoms with Crippen molar-refractivity contribution < 1.29 is 23.7 Å². The van der Waals surface area contributed by atoms with Gasteiger partial charge in [0.1, 0.15) is 12.4 Å². The van der Waals surface area contributed by atoms with Crippen LogP contribution in [0.1, 0.15) is 17.0 Å². The lowest BCUT2D eigenvalue weighted by Gasteiger charge is -2.27. The van der Waals surface area contributed by atoms with E-state index < -0.39 is 0 Å². The Morgan fingerprint density at radius 3 is 2.60 bits per heavy atom. The number of rotatable bonds is 2. The zero-order chi connectivity index (χ0) is 17.0. The van der Waals surface area contributed by atoms with Crippen molar-refractivity contribution in [3.63, 3.8) is 0 Å². The molecule has 6 heteroatoms. The summed E-state index contributed by atoms with van der Waals surface area (Å²) in [4.78, 5) is 12.4. The van der Waals surface area contributed by atoms with Crippen LogP contribution < -0.4 is 19.5 Å². The van der Waals surface area contributed by atoms with Crippen LogP contribution in [0.15, 0.2) is 47.7 Å². The molecule has 126 valence electrons. The van der Waals surface area contributed by atoms with Crippen molar-refractivity contribution >= 4 is 11.7 Å². The summed E-state index contributed by atoms with van der Waals surface area (Å²) < 4.78 is 21.5. The molecule has 3 aliphatic heterocycles. The third-order valence-electron chi connectivity index (χ3n) is 4.77. The maximum absolute atomic E-state index is 12.4.